The minimum atomic E-state index is -4.34. The average molecular weight is 341 g/mol. The first-order chi connectivity index (χ1) is 10.3. The van der Waals surface area contributed by atoms with Crippen LogP contribution < -0.4 is 10.6 Å². The smallest absolute Gasteiger partial charge is 0.353 e. The van der Waals surface area contributed by atoms with Crippen LogP contribution in [0.1, 0.15) is 20.8 Å². The van der Waals surface area contributed by atoms with Gasteiger partial charge in [-0.1, -0.05) is 20.8 Å². The van der Waals surface area contributed by atoms with Crippen molar-refractivity contribution >= 4 is 17.7 Å². The van der Waals surface area contributed by atoms with Crippen LogP contribution in [0.15, 0.2) is 0 Å². The normalized spacial score (nSPS) is 20.0. The van der Waals surface area contributed by atoms with Crippen molar-refractivity contribution in [2.45, 2.75) is 38.2 Å². The Hall–Kier alpha value is -0.470. The van der Waals surface area contributed by atoms with Gasteiger partial charge in [0.15, 0.2) is 0 Å². The van der Waals surface area contributed by atoms with E-state index in [1.807, 2.05) is 20.8 Å². The van der Waals surface area contributed by atoms with Gasteiger partial charge in [0.2, 0.25) is 5.91 Å². The van der Waals surface area contributed by atoms with E-state index in [0.29, 0.717) is 26.2 Å². The molecule has 1 amide bonds. The predicted molar refractivity (Wildman–Crippen MR) is 84.1 cm³/mol. The lowest BCUT2D eigenvalue weighted by Crippen LogP contribution is -2.58. The molecule has 8 heteroatoms. The van der Waals surface area contributed by atoms with E-state index in [9.17, 15) is 18.0 Å². The van der Waals surface area contributed by atoms with E-state index < -0.39 is 12.2 Å². The first kappa shape index (κ1) is 19.6. The van der Waals surface area contributed by atoms with E-state index in [1.54, 1.807) is 0 Å². The zero-order chi connectivity index (χ0) is 16.8. The molecular weight excluding hydrogens is 315 g/mol. The van der Waals surface area contributed by atoms with Crippen LogP contribution >= 0.6 is 11.8 Å². The Labute approximate surface area is 134 Å². The minimum Gasteiger partial charge on any atom is -0.353 e. The first-order valence-electron chi connectivity index (χ1n) is 7.68. The van der Waals surface area contributed by atoms with Gasteiger partial charge in [0.25, 0.3) is 0 Å². The molecule has 1 aliphatic heterocycles. The topological polar surface area (TPSA) is 44.4 Å². The molecule has 1 fully saturated rings. The predicted octanol–water partition coefficient (Wildman–Crippen LogP) is 1.72. The molecule has 4 nitrogen and oxygen atoms in total. The maximum absolute atomic E-state index is 13.2. The molecule has 1 heterocycles. The summed E-state index contributed by atoms with van der Waals surface area (Å²) in [5.41, 5.74) is 0. The quantitative estimate of drug-likeness (QED) is 0.740. The Morgan fingerprint density at radius 2 is 1.91 bits per heavy atom. The summed E-state index contributed by atoms with van der Waals surface area (Å²) < 4.78 is 39.7. The summed E-state index contributed by atoms with van der Waals surface area (Å²) >= 11 is 1.47. The Morgan fingerprint density at radius 1 is 1.32 bits per heavy atom. The number of nitrogens with zero attached hydrogens (tertiary/aromatic N) is 1. The first-order valence-corrected chi connectivity index (χ1v) is 8.73. The second-order valence-electron chi connectivity index (χ2n) is 5.71. The monoisotopic (exact) mass is 341 g/mol. The number of amides is 1. The maximum atomic E-state index is 13.2. The van der Waals surface area contributed by atoms with Gasteiger partial charge in [0.05, 0.1) is 5.25 Å². The lowest BCUT2D eigenvalue weighted by atomic mass is 10.1. The Bertz CT molecular complexity index is 347. The highest BCUT2D eigenvalue weighted by atomic mass is 32.2. The molecule has 0 saturated carbocycles. The van der Waals surface area contributed by atoms with Gasteiger partial charge in [-0.3, -0.25) is 9.69 Å². The number of carbonyl (C=O) groups excluding carboxylic acids is 1. The summed E-state index contributed by atoms with van der Waals surface area (Å²) in [6.45, 7) is 7.15. The van der Waals surface area contributed by atoms with E-state index in [4.69, 9.17) is 0 Å². The Kier molecular flexibility index (Phi) is 7.99. The highest BCUT2D eigenvalue weighted by Gasteiger charge is 2.44. The Balaban J connectivity index is 2.64. The molecule has 0 bridgehead atoms. The third kappa shape index (κ3) is 5.96. The van der Waals surface area contributed by atoms with E-state index in [1.165, 1.54) is 16.7 Å². The van der Waals surface area contributed by atoms with Gasteiger partial charge in [0, 0.05) is 32.7 Å². The number of hydrogen-bond donors (Lipinski definition) is 2. The number of nitrogens with one attached hydrogen (secondary N) is 2. The molecule has 1 saturated heterocycles. The summed E-state index contributed by atoms with van der Waals surface area (Å²) in [6.07, 6.45) is -4.34. The average Bonchev–Trinajstić information content (AvgIpc) is 2.44. The minimum absolute atomic E-state index is 0.0912. The number of rotatable bonds is 7. The van der Waals surface area contributed by atoms with Crippen molar-refractivity contribution in [1.29, 1.82) is 0 Å². The van der Waals surface area contributed by atoms with Gasteiger partial charge < -0.3 is 10.6 Å². The third-order valence-corrected chi connectivity index (χ3v) is 5.10. The molecule has 130 valence electrons. The molecule has 1 rings (SSSR count). The zero-order valence-corrected chi connectivity index (χ0v) is 14.2. The van der Waals surface area contributed by atoms with Crippen molar-refractivity contribution in [2.24, 2.45) is 5.92 Å². The summed E-state index contributed by atoms with van der Waals surface area (Å²) in [5, 5.41) is 5.24. The molecule has 2 unspecified atom stereocenters. The summed E-state index contributed by atoms with van der Waals surface area (Å²) in [6, 6.07) is -1.61. The number of hydrogen-bond acceptors (Lipinski definition) is 4. The molecule has 1 aliphatic rings. The van der Waals surface area contributed by atoms with E-state index in [2.05, 4.69) is 10.6 Å². The van der Waals surface area contributed by atoms with Crippen LogP contribution in [0.4, 0.5) is 13.2 Å². The van der Waals surface area contributed by atoms with Gasteiger partial charge in [-0.15, -0.1) is 11.8 Å². The molecule has 0 aliphatic carbocycles. The molecule has 0 aromatic rings. The standard InChI is InChI=1S/C14H26F3N3OS/c1-4-22-12(10(2)3)13(21)19-9-11(14(15,16)17)20-7-5-18-6-8-20/h10-12,18H,4-9H2,1-3H3,(H,19,21). The van der Waals surface area contributed by atoms with Crippen molar-refractivity contribution in [2.75, 3.05) is 38.5 Å². The van der Waals surface area contributed by atoms with Crippen molar-refractivity contribution in [3.63, 3.8) is 0 Å². The number of thioether (sulfide) groups is 1. The van der Waals surface area contributed by atoms with Gasteiger partial charge in [0.1, 0.15) is 6.04 Å². The molecular formula is C14H26F3N3OS. The second kappa shape index (κ2) is 8.98. The van der Waals surface area contributed by atoms with Crippen molar-refractivity contribution in [3.05, 3.63) is 0 Å². The van der Waals surface area contributed by atoms with E-state index >= 15 is 0 Å². The SMILES string of the molecule is CCSC(C(=O)NCC(N1CCNCC1)C(F)(F)F)C(C)C. The summed E-state index contributed by atoms with van der Waals surface area (Å²) in [5.74, 6) is 0.552. The largest absolute Gasteiger partial charge is 0.405 e. The molecule has 0 aromatic carbocycles. The Morgan fingerprint density at radius 3 is 2.36 bits per heavy atom. The van der Waals surface area contributed by atoms with Gasteiger partial charge in [-0.25, -0.2) is 0 Å². The second-order valence-corrected chi connectivity index (χ2v) is 7.13. The zero-order valence-electron chi connectivity index (χ0n) is 13.4. The fourth-order valence-electron chi connectivity index (χ4n) is 2.49. The summed E-state index contributed by atoms with van der Waals surface area (Å²) in [7, 11) is 0. The van der Waals surface area contributed by atoms with Crippen LogP contribution in [0.25, 0.3) is 0 Å². The molecule has 22 heavy (non-hydrogen) atoms. The number of alkyl halides is 3. The van der Waals surface area contributed by atoms with Gasteiger partial charge in [-0.05, 0) is 11.7 Å². The lowest BCUT2D eigenvalue weighted by molar-refractivity contribution is -0.184. The van der Waals surface area contributed by atoms with Crippen LogP contribution in [-0.2, 0) is 4.79 Å². The van der Waals surface area contributed by atoms with Crippen molar-refractivity contribution in [1.82, 2.24) is 15.5 Å². The van der Waals surface area contributed by atoms with Gasteiger partial charge in [-0.2, -0.15) is 13.2 Å². The molecule has 0 spiro atoms. The maximum Gasteiger partial charge on any atom is 0.405 e. The number of piperazine rings is 1. The van der Waals surface area contributed by atoms with Crippen LogP contribution in [0.3, 0.4) is 0 Å². The highest BCUT2D eigenvalue weighted by Crippen LogP contribution is 2.25. The van der Waals surface area contributed by atoms with Crippen molar-refractivity contribution in [3.8, 4) is 0 Å². The molecule has 2 atom stereocenters. The van der Waals surface area contributed by atoms with Gasteiger partial charge >= 0.3 is 6.18 Å². The molecule has 0 radical (unpaired) electrons. The fraction of sp³-hybridized carbons (Fsp3) is 0.929. The van der Waals surface area contributed by atoms with E-state index in [0.717, 1.165) is 5.75 Å². The van der Waals surface area contributed by atoms with Crippen LogP contribution in [-0.4, -0.2) is 66.8 Å². The third-order valence-electron chi connectivity index (χ3n) is 3.65. The van der Waals surface area contributed by atoms with E-state index in [-0.39, 0.29) is 23.6 Å². The number of carbonyl (C=O) groups is 1. The highest BCUT2D eigenvalue weighted by molar-refractivity contribution is 8.00. The van der Waals surface area contributed by atoms with Crippen LogP contribution in [0.2, 0.25) is 0 Å². The van der Waals surface area contributed by atoms with Crippen LogP contribution in [0, 0.1) is 5.92 Å². The lowest BCUT2D eigenvalue weighted by Gasteiger charge is -2.36. The summed E-state index contributed by atoms with van der Waals surface area (Å²) in [4.78, 5) is 13.6. The number of halogens is 3. The fourth-order valence-corrected chi connectivity index (χ4v) is 3.47. The van der Waals surface area contributed by atoms with Crippen LogP contribution in [0.5, 0.6) is 0 Å². The molecule has 0 aromatic heterocycles. The molecule has 2 N–H and O–H groups in total. The van der Waals surface area contributed by atoms with Crippen molar-refractivity contribution < 1.29 is 18.0 Å².